The van der Waals surface area contributed by atoms with Crippen molar-refractivity contribution in [3.8, 4) is 0 Å². The molecule has 1 amide bonds. The van der Waals surface area contributed by atoms with Gasteiger partial charge in [0.25, 0.3) is 5.91 Å². The number of carbonyl (C=O) groups is 1. The average Bonchev–Trinajstić information content (AvgIpc) is 3.17. The first kappa shape index (κ1) is 21.3. The molecule has 2 heterocycles. The van der Waals surface area contributed by atoms with Gasteiger partial charge in [-0.2, -0.15) is 15.1 Å². The minimum absolute atomic E-state index is 0.0430. The summed E-state index contributed by atoms with van der Waals surface area (Å²) in [7, 11) is 0. The van der Waals surface area contributed by atoms with E-state index in [0.717, 1.165) is 34.9 Å². The summed E-state index contributed by atoms with van der Waals surface area (Å²) < 4.78 is 0. The van der Waals surface area contributed by atoms with Crippen LogP contribution in [0, 0.1) is 5.41 Å². The van der Waals surface area contributed by atoms with Crippen LogP contribution in [0.15, 0.2) is 64.2 Å². The molecule has 2 aromatic rings. The molecular formula is C23H22ClN5OS. The third kappa shape index (κ3) is 4.57. The lowest BCUT2D eigenvalue weighted by Gasteiger charge is -2.21. The van der Waals surface area contributed by atoms with E-state index in [1.807, 2.05) is 48.5 Å². The van der Waals surface area contributed by atoms with E-state index < -0.39 is 5.91 Å². The number of hydrogen-bond acceptors (Lipinski definition) is 5. The number of carbonyl (C=O) groups excluding carboxylic acids is 1. The van der Waals surface area contributed by atoms with Crippen LogP contribution in [-0.4, -0.2) is 40.1 Å². The molecule has 2 aliphatic rings. The van der Waals surface area contributed by atoms with Crippen LogP contribution in [0.1, 0.15) is 25.0 Å². The monoisotopic (exact) mass is 451 g/mol. The quantitative estimate of drug-likeness (QED) is 0.624. The van der Waals surface area contributed by atoms with E-state index in [1.165, 1.54) is 16.8 Å². The molecule has 0 saturated heterocycles. The van der Waals surface area contributed by atoms with Crippen LogP contribution in [0.4, 0.5) is 5.69 Å². The number of hydrogen-bond donors (Lipinski definition) is 1. The Balaban J connectivity index is 1.54. The second kappa shape index (κ2) is 9.08. The van der Waals surface area contributed by atoms with Gasteiger partial charge < -0.3 is 4.90 Å². The van der Waals surface area contributed by atoms with Crippen molar-refractivity contribution in [3.05, 3.63) is 70.3 Å². The average molecular weight is 452 g/mol. The van der Waals surface area contributed by atoms with Gasteiger partial charge in [-0.3, -0.25) is 10.2 Å². The lowest BCUT2D eigenvalue weighted by atomic mass is 10.1. The van der Waals surface area contributed by atoms with Crippen molar-refractivity contribution < 1.29 is 4.79 Å². The van der Waals surface area contributed by atoms with Gasteiger partial charge in [0.15, 0.2) is 5.84 Å². The molecule has 8 heteroatoms. The van der Waals surface area contributed by atoms with Crippen LogP contribution in [0.5, 0.6) is 0 Å². The number of thioether (sulfide) groups is 1. The molecule has 0 fully saturated rings. The molecule has 0 atom stereocenters. The third-order valence-electron chi connectivity index (χ3n) is 5.10. The van der Waals surface area contributed by atoms with Crippen molar-refractivity contribution in [2.24, 2.45) is 10.1 Å². The van der Waals surface area contributed by atoms with Crippen LogP contribution < -0.4 is 4.90 Å². The van der Waals surface area contributed by atoms with Gasteiger partial charge in [0.1, 0.15) is 5.04 Å². The van der Waals surface area contributed by atoms with Crippen molar-refractivity contribution in [1.82, 2.24) is 5.01 Å². The zero-order chi connectivity index (χ0) is 22.0. The van der Waals surface area contributed by atoms with E-state index in [-0.39, 0.29) is 11.4 Å². The second-order valence-corrected chi connectivity index (χ2v) is 8.56. The van der Waals surface area contributed by atoms with Crippen molar-refractivity contribution >= 4 is 57.1 Å². The molecule has 0 saturated carbocycles. The Hall–Kier alpha value is -2.90. The number of benzene rings is 2. The Morgan fingerprint density at radius 2 is 1.77 bits per heavy atom. The minimum Gasteiger partial charge on any atom is -0.372 e. The zero-order valence-corrected chi connectivity index (χ0v) is 18.9. The molecule has 4 rings (SSSR count). The molecule has 0 bridgehead atoms. The highest BCUT2D eigenvalue weighted by molar-refractivity contribution is 8.26. The van der Waals surface area contributed by atoms with Crippen LogP contribution >= 0.6 is 23.4 Å². The first-order valence-electron chi connectivity index (χ1n) is 10.1. The number of halogens is 1. The molecule has 2 aromatic carbocycles. The standard InChI is InChI=1S/C23H22ClN5OS/c1-3-28(4-2)18-11-7-15(8-12-18)13-19-21(25)29-23(26-22(19)30)31-20(27-29)14-16-5-9-17(24)10-6-16/h5-13,25H,3-4,14H2,1-2H3/b19-13-,25-21?. The van der Waals surface area contributed by atoms with Crippen LogP contribution in [0.2, 0.25) is 5.02 Å². The third-order valence-corrected chi connectivity index (χ3v) is 6.26. The van der Waals surface area contributed by atoms with E-state index in [9.17, 15) is 4.79 Å². The molecule has 0 radical (unpaired) electrons. The maximum atomic E-state index is 12.6. The maximum Gasteiger partial charge on any atom is 0.283 e. The topological polar surface area (TPSA) is 72.1 Å². The molecule has 0 aliphatic carbocycles. The highest BCUT2D eigenvalue weighted by Gasteiger charge is 2.35. The summed E-state index contributed by atoms with van der Waals surface area (Å²) in [4.78, 5) is 19.0. The van der Waals surface area contributed by atoms with Gasteiger partial charge in [-0.1, -0.05) is 35.9 Å². The van der Waals surface area contributed by atoms with Gasteiger partial charge in [-0.15, -0.1) is 0 Å². The second-order valence-electron chi connectivity index (χ2n) is 7.08. The number of anilines is 1. The number of hydrazone groups is 1. The summed E-state index contributed by atoms with van der Waals surface area (Å²) >= 11 is 7.27. The van der Waals surface area contributed by atoms with Crippen LogP contribution in [-0.2, 0) is 11.2 Å². The number of amides is 1. The van der Waals surface area contributed by atoms with Gasteiger partial charge in [-0.05, 0) is 67.1 Å². The molecule has 0 unspecified atom stereocenters. The molecule has 6 nitrogen and oxygen atoms in total. The molecule has 0 spiro atoms. The van der Waals surface area contributed by atoms with Gasteiger partial charge in [-0.25, -0.2) is 0 Å². The highest BCUT2D eigenvalue weighted by Crippen LogP contribution is 2.30. The molecule has 158 valence electrons. The van der Waals surface area contributed by atoms with E-state index in [0.29, 0.717) is 16.6 Å². The lowest BCUT2D eigenvalue weighted by Crippen LogP contribution is -2.35. The normalized spacial score (nSPS) is 17.0. The summed E-state index contributed by atoms with van der Waals surface area (Å²) in [6.07, 6.45) is 2.29. The predicted molar refractivity (Wildman–Crippen MR) is 130 cm³/mol. The fourth-order valence-electron chi connectivity index (χ4n) is 3.42. The summed E-state index contributed by atoms with van der Waals surface area (Å²) in [5.74, 6) is -0.374. The van der Waals surface area contributed by atoms with Gasteiger partial charge in [0.2, 0.25) is 5.17 Å². The number of rotatable bonds is 6. The Morgan fingerprint density at radius 3 is 2.42 bits per heavy atom. The Kier molecular flexibility index (Phi) is 6.25. The summed E-state index contributed by atoms with van der Waals surface area (Å²) in [6, 6.07) is 15.5. The molecule has 0 aromatic heterocycles. The number of nitrogens with zero attached hydrogens (tertiary/aromatic N) is 4. The van der Waals surface area contributed by atoms with Crippen molar-refractivity contribution in [2.75, 3.05) is 18.0 Å². The number of fused-ring (bicyclic) bond motifs is 1. The summed E-state index contributed by atoms with van der Waals surface area (Å²) in [5, 5.41) is 16.4. The summed E-state index contributed by atoms with van der Waals surface area (Å²) in [6.45, 7) is 6.10. The first-order valence-corrected chi connectivity index (χ1v) is 11.3. The Bertz CT molecular complexity index is 1100. The first-order chi connectivity index (χ1) is 15.0. The highest BCUT2D eigenvalue weighted by atomic mass is 35.5. The smallest absolute Gasteiger partial charge is 0.283 e. The number of nitrogens with one attached hydrogen (secondary N) is 1. The number of aliphatic imine (C=N–C) groups is 1. The van der Waals surface area contributed by atoms with Gasteiger partial charge in [0, 0.05) is 30.2 Å². The Labute approximate surface area is 190 Å². The van der Waals surface area contributed by atoms with E-state index in [2.05, 4.69) is 28.8 Å². The van der Waals surface area contributed by atoms with Gasteiger partial charge in [0.05, 0.1) is 5.57 Å². The minimum atomic E-state index is -0.417. The zero-order valence-electron chi connectivity index (χ0n) is 17.3. The molecule has 1 N–H and O–H groups in total. The molecular weight excluding hydrogens is 430 g/mol. The fourth-order valence-corrected chi connectivity index (χ4v) is 4.46. The number of amidine groups is 2. The SMILES string of the molecule is CCN(CC)c1ccc(/C=C2/C(=N)N3N=C(Cc4ccc(Cl)cc4)SC3=NC2=O)cc1. The lowest BCUT2D eigenvalue weighted by molar-refractivity contribution is -0.114. The van der Waals surface area contributed by atoms with Crippen molar-refractivity contribution in [2.45, 2.75) is 20.3 Å². The fraction of sp³-hybridized carbons (Fsp3) is 0.217. The van der Waals surface area contributed by atoms with Crippen molar-refractivity contribution in [1.29, 1.82) is 5.41 Å². The van der Waals surface area contributed by atoms with Crippen molar-refractivity contribution in [3.63, 3.8) is 0 Å². The van der Waals surface area contributed by atoms with Gasteiger partial charge >= 0.3 is 0 Å². The summed E-state index contributed by atoms with van der Waals surface area (Å²) in [5.41, 5.74) is 3.26. The predicted octanol–water partition coefficient (Wildman–Crippen LogP) is 5.05. The Morgan fingerprint density at radius 1 is 1.10 bits per heavy atom. The van der Waals surface area contributed by atoms with E-state index in [1.54, 1.807) is 6.08 Å². The van der Waals surface area contributed by atoms with Crippen LogP contribution in [0.3, 0.4) is 0 Å². The molecule has 31 heavy (non-hydrogen) atoms. The van der Waals surface area contributed by atoms with Crippen LogP contribution in [0.25, 0.3) is 6.08 Å². The van der Waals surface area contributed by atoms with E-state index >= 15 is 0 Å². The van der Waals surface area contributed by atoms with E-state index in [4.69, 9.17) is 17.0 Å². The maximum absolute atomic E-state index is 12.6. The largest absolute Gasteiger partial charge is 0.372 e. The molecule has 2 aliphatic heterocycles.